The number of carbonyl (C=O) groups is 3. The molecule has 0 bridgehead atoms. The lowest BCUT2D eigenvalue weighted by molar-refractivity contribution is -0.121. The number of benzene rings is 2. The second-order valence-electron chi connectivity index (χ2n) is 10.1. The molecule has 2 fully saturated rings. The van der Waals surface area contributed by atoms with Crippen molar-refractivity contribution in [1.82, 2.24) is 20.4 Å². The number of likely N-dealkylation sites (tertiary alicyclic amines) is 1. The van der Waals surface area contributed by atoms with Crippen molar-refractivity contribution >= 4 is 23.5 Å². The molecule has 0 radical (unpaired) electrons. The van der Waals surface area contributed by atoms with Crippen LogP contribution in [0.1, 0.15) is 34.3 Å². The topological polar surface area (TPSA) is 123 Å². The molecule has 38 heavy (non-hydrogen) atoms. The molecule has 3 heterocycles. The Labute approximate surface area is 221 Å². The molecule has 2 aromatic carbocycles. The van der Waals surface area contributed by atoms with Crippen LogP contribution >= 0.6 is 0 Å². The zero-order valence-electron chi connectivity index (χ0n) is 21.4. The summed E-state index contributed by atoms with van der Waals surface area (Å²) in [5.74, 6) is 6.40. The summed E-state index contributed by atoms with van der Waals surface area (Å²) >= 11 is 0. The fraction of sp³-hybridized carbons (Fsp3) is 0.393. The van der Waals surface area contributed by atoms with Gasteiger partial charge in [0.25, 0.3) is 5.91 Å². The number of hydrogen-bond donors (Lipinski definition) is 4. The highest BCUT2D eigenvalue weighted by molar-refractivity contribution is 5.99. The number of piperidine rings is 1. The molecule has 198 valence electrons. The minimum absolute atomic E-state index is 0.00557. The number of anilines is 1. The standard InChI is InChI=1S/C28H31N5O5/c1-32-13-10-19(11-14-32)24(34)29-21-6-3-18(4-7-21)9-12-28(26(36)30-27(37)31-28)17-33-16-20-5-8-22(38-2)15-23(20)25(33)35/h3-8,15,19,26,36H,10-11,13-14,16-17H2,1-2H3,(H,29,34)(H2,30,31,37). The molecule has 10 nitrogen and oxygen atoms in total. The minimum Gasteiger partial charge on any atom is -0.497 e. The molecule has 10 heteroatoms. The van der Waals surface area contributed by atoms with Gasteiger partial charge < -0.3 is 35.6 Å². The van der Waals surface area contributed by atoms with Gasteiger partial charge in [0.05, 0.1) is 13.7 Å². The number of aliphatic hydroxyl groups is 1. The van der Waals surface area contributed by atoms with Crippen LogP contribution in [0.2, 0.25) is 0 Å². The van der Waals surface area contributed by atoms with E-state index in [0.717, 1.165) is 31.5 Å². The number of nitrogens with one attached hydrogen (secondary N) is 3. The van der Waals surface area contributed by atoms with E-state index in [1.807, 2.05) is 6.07 Å². The molecule has 0 aromatic heterocycles. The van der Waals surface area contributed by atoms with Gasteiger partial charge in [-0.1, -0.05) is 17.9 Å². The van der Waals surface area contributed by atoms with E-state index in [-0.39, 0.29) is 24.3 Å². The van der Waals surface area contributed by atoms with E-state index in [9.17, 15) is 19.5 Å². The highest BCUT2D eigenvalue weighted by Crippen LogP contribution is 2.29. The molecule has 4 N–H and O–H groups in total. The van der Waals surface area contributed by atoms with E-state index < -0.39 is 17.8 Å². The van der Waals surface area contributed by atoms with E-state index in [4.69, 9.17) is 4.74 Å². The number of rotatable bonds is 5. The summed E-state index contributed by atoms with van der Waals surface area (Å²) in [6.07, 6.45) is 0.365. The average Bonchev–Trinajstić information content (AvgIpc) is 3.37. The number of urea groups is 1. The lowest BCUT2D eigenvalue weighted by atomic mass is 9.96. The molecular weight excluding hydrogens is 486 g/mol. The summed E-state index contributed by atoms with van der Waals surface area (Å²) in [5, 5.41) is 18.8. The van der Waals surface area contributed by atoms with Crippen molar-refractivity contribution in [2.75, 3.05) is 39.1 Å². The first-order valence-electron chi connectivity index (χ1n) is 12.6. The summed E-state index contributed by atoms with van der Waals surface area (Å²) in [4.78, 5) is 41.6. The number of ether oxygens (including phenoxy) is 1. The normalized spacial score (nSPS) is 23.2. The summed E-state index contributed by atoms with van der Waals surface area (Å²) in [5.41, 5.74) is 1.28. The number of hydrogen-bond acceptors (Lipinski definition) is 6. The van der Waals surface area contributed by atoms with E-state index in [1.165, 1.54) is 7.11 Å². The van der Waals surface area contributed by atoms with Gasteiger partial charge >= 0.3 is 6.03 Å². The van der Waals surface area contributed by atoms with Gasteiger partial charge in [0.2, 0.25) is 5.91 Å². The van der Waals surface area contributed by atoms with Crippen LogP contribution in [-0.4, -0.2) is 78.3 Å². The average molecular weight is 518 g/mol. The second-order valence-corrected chi connectivity index (χ2v) is 10.1. The van der Waals surface area contributed by atoms with Crippen molar-refractivity contribution in [1.29, 1.82) is 0 Å². The third-order valence-corrected chi connectivity index (χ3v) is 7.38. The fourth-order valence-electron chi connectivity index (χ4n) is 5.05. The predicted octanol–water partition coefficient (Wildman–Crippen LogP) is 1.35. The van der Waals surface area contributed by atoms with E-state index in [2.05, 4.69) is 39.7 Å². The molecule has 4 amide bonds. The first-order valence-corrected chi connectivity index (χ1v) is 12.6. The van der Waals surface area contributed by atoms with Gasteiger partial charge in [0.1, 0.15) is 5.75 Å². The first kappa shape index (κ1) is 25.6. The van der Waals surface area contributed by atoms with Crippen LogP contribution in [0.25, 0.3) is 0 Å². The molecular formula is C28H31N5O5. The Hall–Kier alpha value is -4.07. The molecule has 0 saturated carbocycles. The van der Waals surface area contributed by atoms with Crippen LogP contribution < -0.4 is 20.7 Å². The first-order chi connectivity index (χ1) is 18.3. The lowest BCUT2D eigenvalue weighted by Gasteiger charge is -2.30. The number of amides is 4. The maximum atomic E-state index is 13.1. The Bertz CT molecular complexity index is 1310. The van der Waals surface area contributed by atoms with Gasteiger partial charge in [0.15, 0.2) is 11.8 Å². The van der Waals surface area contributed by atoms with E-state index in [1.54, 1.807) is 41.3 Å². The molecule has 5 rings (SSSR count). The van der Waals surface area contributed by atoms with Crippen LogP contribution in [0.15, 0.2) is 42.5 Å². The number of methoxy groups -OCH3 is 1. The third-order valence-electron chi connectivity index (χ3n) is 7.38. The zero-order valence-corrected chi connectivity index (χ0v) is 21.4. The lowest BCUT2D eigenvalue weighted by Crippen LogP contribution is -2.56. The van der Waals surface area contributed by atoms with Crippen molar-refractivity contribution < 1.29 is 24.2 Å². The molecule has 0 spiro atoms. The smallest absolute Gasteiger partial charge is 0.318 e. The van der Waals surface area contributed by atoms with Gasteiger partial charge in [-0.2, -0.15) is 0 Å². The monoisotopic (exact) mass is 517 g/mol. The Morgan fingerprint density at radius 2 is 1.92 bits per heavy atom. The van der Waals surface area contributed by atoms with Gasteiger partial charge in [-0.05, 0) is 74.9 Å². The quantitative estimate of drug-likeness (QED) is 0.444. The SMILES string of the molecule is COc1ccc2c(c1)C(=O)N(CC1(C#Cc3ccc(NC(=O)C4CCN(C)CC4)cc3)NC(=O)NC1O)C2. The Balaban J connectivity index is 1.30. The Morgan fingerprint density at radius 1 is 1.18 bits per heavy atom. The number of carbonyl (C=O) groups excluding carboxylic acids is 3. The van der Waals surface area contributed by atoms with E-state index >= 15 is 0 Å². The summed E-state index contributed by atoms with van der Waals surface area (Å²) < 4.78 is 5.23. The molecule has 3 aliphatic rings. The molecule has 2 unspecified atom stereocenters. The highest BCUT2D eigenvalue weighted by atomic mass is 16.5. The Kier molecular flexibility index (Phi) is 6.97. The largest absolute Gasteiger partial charge is 0.497 e. The molecule has 3 aliphatic heterocycles. The van der Waals surface area contributed by atoms with Gasteiger partial charge in [-0.25, -0.2) is 4.79 Å². The van der Waals surface area contributed by atoms with Crippen LogP contribution in [-0.2, 0) is 11.3 Å². The number of nitrogens with zero attached hydrogens (tertiary/aromatic N) is 2. The molecule has 2 aromatic rings. The van der Waals surface area contributed by atoms with Crippen LogP contribution in [0.5, 0.6) is 5.75 Å². The van der Waals surface area contributed by atoms with Gasteiger partial charge in [-0.15, -0.1) is 0 Å². The van der Waals surface area contributed by atoms with Crippen molar-refractivity contribution in [3.8, 4) is 17.6 Å². The number of fused-ring (bicyclic) bond motifs is 1. The van der Waals surface area contributed by atoms with Crippen LogP contribution in [0.3, 0.4) is 0 Å². The van der Waals surface area contributed by atoms with Gasteiger partial charge in [-0.3, -0.25) is 9.59 Å². The Morgan fingerprint density at radius 3 is 2.58 bits per heavy atom. The van der Waals surface area contributed by atoms with Crippen molar-refractivity contribution in [2.45, 2.75) is 31.2 Å². The van der Waals surface area contributed by atoms with Crippen molar-refractivity contribution in [2.24, 2.45) is 5.92 Å². The minimum atomic E-state index is -1.40. The summed E-state index contributed by atoms with van der Waals surface area (Å²) in [6, 6.07) is 11.8. The van der Waals surface area contributed by atoms with Crippen LogP contribution in [0.4, 0.5) is 10.5 Å². The van der Waals surface area contributed by atoms with Crippen molar-refractivity contribution in [3.05, 3.63) is 59.2 Å². The highest BCUT2D eigenvalue weighted by Gasteiger charge is 2.48. The summed E-state index contributed by atoms with van der Waals surface area (Å²) in [7, 11) is 3.60. The fourth-order valence-corrected chi connectivity index (χ4v) is 5.05. The molecule has 2 atom stereocenters. The van der Waals surface area contributed by atoms with Crippen molar-refractivity contribution in [3.63, 3.8) is 0 Å². The van der Waals surface area contributed by atoms with E-state index in [0.29, 0.717) is 29.1 Å². The summed E-state index contributed by atoms with van der Waals surface area (Å²) in [6.45, 7) is 2.14. The van der Waals surface area contributed by atoms with Crippen LogP contribution in [0, 0.1) is 17.8 Å². The number of aliphatic hydroxyl groups excluding tert-OH is 1. The van der Waals surface area contributed by atoms with Gasteiger partial charge in [0, 0.05) is 29.3 Å². The molecule has 2 saturated heterocycles. The maximum Gasteiger partial charge on any atom is 0.318 e. The maximum absolute atomic E-state index is 13.1. The zero-order chi connectivity index (χ0) is 26.9. The third kappa shape index (κ3) is 5.16. The molecule has 0 aliphatic carbocycles. The predicted molar refractivity (Wildman–Crippen MR) is 140 cm³/mol. The second kappa shape index (κ2) is 10.4.